The molecule has 0 N–H and O–H groups in total. The van der Waals surface area contributed by atoms with Crippen molar-refractivity contribution in [2.24, 2.45) is 4.99 Å². The predicted octanol–water partition coefficient (Wildman–Crippen LogP) is 1.24. The van der Waals surface area contributed by atoms with E-state index >= 15 is 0 Å². The van der Waals surface area contributed by atoms with Gasteiger partial charge in [0.15, 0.2) is 11.1 Å². The molecule has 0 saturated heterocycles. The molecule has 0 unspecified atom stereocenters. The van der Waals surface area contributed by atoms with Gasteiger partial charge in [-0.1, -0.05) is 11.8 Å². The normalized spacial score (nSPS) is 22.8. The van der Waals surface area contributed by atoms with Gasteiger partial charge in [-0.2, -0.15) is 13.2 Å². The lowest BCUT2D eigenvalue weighted by Gasteiger charge is -2.02. The third kappa shape index (κ3) is 2.36. The van der Waals surface area contributed by atoms with Gasteiger partial charge in [0.05, 0.1) is 7.11 Å². The minimum Gasteiger partial charge on any atom is -0.467 e. The van der Waals surface area contributed by atoms with E-state index in [4.69, 9.17) is 0 Å². The van der Waals surface area contributed by atoms with E-state index in [1.807, 2.05) is 0 Å². The molecule has 1 heterocycles. The summed E-state index contributed by atoms with van der Waals surface area (Å²) in [7, 11) is 1.12. The lowest BCUT2D eigenvalue weighted by molar-refractivity contribution is -0.141. The summed E-state index contributed by atoms with van der Waals surface area (Å²) in [5.74, 6) is -0.728. The molecule has 1 atom stereocenters. The van der Waals surface area contributed by atoms with Crippen molar-refractivity contribution in [2.45, 2.75) is 12.2 Å². The van der Waals surface area contributed by atoms with Gasteiger partial charge < -0.3 is 4.74 Å². The number of rotatable bonds is 1. The summed E-state index contributed by atoms with van der Waals surface area (Å²) in [5.41, 5.74) is 0. The Morgan fingerprint density at radius 3 is 2.69 bits per heavy atom. The molecule has 1 rings (SSSR count). The summed E-state index contributed by atoms with van der Waals surface area (Å²) in [6, 6.07) is -1.01. The van der Waals surface area contributed by atoms with Crippen molar-refractivity contribution in [3.05, 3.63) is 0 Å². The number of carbonyl (C=O) groups excluding carboxylic acids is 1. The molecular weight excluding hydrogens is 207 g/mol. The standard InChI is InChI=1S/C6H6F3NO2S/c1-12-4(11)3-2-13-5(10-3)6(7,8)9/h3H,2H2,1H3/t3-/m0/s1. The SMILES string of the molecule is COC(=O)[C@@H]1CSC(C(F)(F)F)=N1. The average Bonchev–Trinajstić information content (AvgIpc) is 2.50. The van der Waals surface area contributed by atoms with Crippen LogP contribution in [0.1, 0.15) is 0 Å². The fraction of sp³-hybridized carbons (Fsp3) is 0.667. The molecule has 0 spiro atoms. The molecule has 0 amide bonds. The molecule has 1 aliphatic rings. The minimum absolute atomic E-state index is 0.00150. The highest BCUT2D eigenvalue weighted by molar-refractivity contribution is 8.14. The Labute approximate surface area is 76.3 Å². The fourth-order valence-electron chi connectivity index (χ4n) is 0.786. The number of aliphatic imine (C=N–C) groups is 1. The molecule has 0 radical (unpaired) electrons. The largest absolute Gasteiger partial charge is 0.467 e. The smallest absolute Gasteiger partial charge is 0.439 e. The highest BCUT2D eigenvalue weighted by atomic mass is 32.2. The van der Waals surface area contributed by atoms with Gasteiger partial charge in [0.2, 0.25) is 0 Å². The molecule has 0 fully saturated rings. The van der Waals surface area contributed by atoms with Gasteiger partial charge in [-0.25, -0.2) is 4.79 Å². The van der Waals surface area contributed by atoms with Crippen LogP contribution in [0, 0.1) is 0 Å². The number of esters is 1. The summed E-state index contributed by atoms with van der Waals surface area (Å²) < 4.78 is 40.3. The van der Waals surface area contributed by atoms with Crippen molar-refractivity contribution in [2.75, 3.05) is 12.9 Å². The van der Waals surface area contributed by atoms with E-state index in [0.717, 1.165) is 7.11 Å². The van der Waals surface area contributed by atoms with Crippen molar-refractivity contribution in [3.8, 4) is 0 Å². The van der Waals surface area contributed by atoms with E-state index in [1.165, 1.54) is 0 Å². The first kappa shape index (κ1) is 10.4. The molecule has 0 aromatic carbocycles. The van der Waals surface area contributed by atoms with Gasteiger partial charge in [0.1, 0.15) is 0 Å². The zero-order valence-electron chi connectivity index (χ0n) is 6.59. The Bertz CT molecular complexity index is 251. The maximum Gasteiger partial charge on any atom is 0.439 e. The Hall–Kier alpha value is -0.720. The van der Waals surface area contributed by atoms with E-state index in [2.05, 4.69) is 9.73 Å². The van der Waals surface area contributed by atoms with Crippen LogP contribution in [-0.2, 0) is 9.53 Å². The quantitative estimate of drug-likeness (QED) is 0.615. The number of hydrogen-bond acceptors (Lipinski definition) is 4. The highest BCUT2D eigenvalue weighted by Gasteiger charge is 2.41. The van der Waals surface area contributed by atoms with E-state index in [-0.39, 0.29) is 5.75 Å². The number of ether oxygens (including phenoxy) is 1. The van der Waals surface area contributed by atoms with Crippen LogP contribution in [0.4, 0.5) is 13.2 Å². The van der Waals surface area contributed by atoms with Crippen molar-refractivity contribution in [1.82, 2.24) is 0 Å². The predicted molar refractivity (Wildman–Crippen MR) is 41.8 cm³/mol. The number of halogens is 3. The average molecular weight is 213 g/mol. The van der Waals surface area contributed by atoms with E-state index in [0.29, 0.717) is 11.8 Å². The molecule has 0 aliphatic carbocycles. The zero-order chi connectivity index (χ0) is 10.1. The van der Waals surface area contributed by atoms with Crippen LogP contribution in [0.5, 0.6) is 0 Å². The first-order valence-corrected chi connectivity index (χ1v) is 4.29. The van der Waals surface area contributed by atoms with Gasteiger partial charge in [-0.15, -0.1) is 0 Å². The van der Waals surface area contributed by atoms with Gasteiger partial charge in [-0.05, 0) is 0 Å². The molecule has 3 nitrogen and oxygen atoms in total. The Morgan fingerprint density at radius 1 is 1.69 bits per heavy atom. The second-order valence-corrected chi connectivity index (χ2v) is 3.29. The molecule has 0 saturated carbocycles. The van der Waals surface area contributed by atoms with Crippen LogP contribution in [0.25, 0.3) is 0 Å². The summed E-state index contributed by atoms with van der Waals surface area (Å²) in [6.45, 7) is 0. The molecule has 7 heteroatoms. The van der Waals surface area contributed by atoms with Crippen molar-refractivity contribution >= 4 is 22.8 Å². The zero-order valence-corrected chi connectivity index (χ0v) is 7.41. The summed E-state index contributed by atoms with van der Waals surface area (Å²) >= 11 is 0.525. The number of hydrogen-bond donors (Lipinski definition) is 0. The lowest BCUT2D eigenvalue weighted by Crippen LogP contribution is -2.21. The Kier molecular flexibility index (Phi) is 2.84. The number of nitrogens with zero attached hydrogens (tertiary/aromatic N) is 1. The van der Waals surface area contributed by atoms with Crippen LogP contribution in [-0.4, -0.2) is 36.1 Å². The molecule has 0 aromatic heterocycles. The summed E-state index contributed by atoms with van der Waals surface area (Å²) in [4.78, 5) is 14.0. The van der Waals surface area contributed by atoms with Gasteiger partial charge in [-0.3, -0.25) is 4.99 Å². The Balaban J connectivity index is 2.69. The summed E-state index contributed by atoms with van der Waals surface area (Å²) in [6.07, 6.45) is -4.45. The third-order valence-corrected chi connectivity index (χ3v) is 2.46. The second kappa shape index (κ2) is 3.57. The van der Waals surface area contributed by atoms with Crippen molar-refractivity contribution < 1.29 is 22.7 Å². The first-order valence-electron chi connectivity index (χ1n) is 3.30. The molecule has 0 aromatic rings. The Morgan fingerprint density at radius 2 is 2.31 bits per heavy atom. The third-order valence-electron chi connectivity index (χ3n) is 1.37. The molecule has 13 heavy (non-hydrogen) atoms. The number of carbonyl (C=O) groups is 1. The molecule has 74 valence electrons. The van der Waals surface area contributed by atoms with E-state index in [9.17, 15) is 18.0 Å². The lowest BCUT2D eigenvalue weighted by atomic mass is 10.4. The topological polar surface area (TPSA) is 38.7 Å². The van der Waals surface area contributed by atoms with Crippen LogP contribution >= 0.6 is 11.8 Å². The van der Waals surface area contributed by atoms with E-state index in [1.54, 1.807) is 0 Å². The number of thioether (sulfide) groups is 1. The van der Waals surface area contributed by atoms with Crippen molar-refractivity contribution in [3.63, 3.8) is 0 Å². The van der Waals surface area contributed by atoms with Gasteiger partial charge >= 0.3 is 12.1 Å². The van der Waals surface area contributed by atoms with Crippen LogP contribution in [0.2, 0.25) is 0 Å². The second-order valence-electron chi connectivity index (χ2n) is 2.28. The monoisotopic (exact) mass is 213 g/mol. The fourth-order valence-corrected chi connectivity index (χ4v) is 1.68. The first-order chi connectivity index (χ1) is 5.95. The van der Waals surface area contributed by atoms with Crippen LogP contribution in [0.3, 0.4) is 0 Å². The maximum atomic E-state index is 12.0. The van der Waals surface area contributed by atoms with E-state index < -0.39 is 23.2 Å². The van der Waals surface area contributed by atoms with Gasteiger partial charge in [0, 0.05) is 5.75 Å². The highest BCUT2D eigenvalue weighted by Crippen LogP contribution is 2.31. The number of alkyl halides is 3. The minimum atomic E-state index is -4.45. The van der Waals surface area contributed by atoms with Gasteiger partial charge in [0.25, 0.3) is 0 Å². The molecule has 1 aliphatic heterocycles. The number of methoxy groups -OCH3 is 1. The molecular formula is C6H6F3NO2S. The summed E-state index contributed by atoms with van der Waals surface area (Å²) in [5, 5.41) is -0.956. The van der Waals surface area contributed by atoms with Crippen LogP contribution in [0.15, 0.2) is 4.99 Å². The molecule has 0 bridgehead atoms. The maximum absolute atomic E-state index is 12.0. The van der Waals surface area contributed by atoms with Crippen molar-refractivity contribution in [1.29, 1.82) is 0 Å². The van der Waals surface area contributed by atoms with Crippen LogP contribution < -0.4 is 0 Å².